The van der Waals surface area contributed by atoms with Crippen molar-refractivity contribution in [1.29, 1.82) is 0 Å². The number of carbonyl (C=O) groups excluding carboxylic acids is 1. The van der Waals surface area contributed by atoms with Gasteiger partial charge in [-0.15, -0.1) is 0 Å². The van der Waals surface area contributed by atoms with Gasteiger partial charge in [0.25, 0.3) is 0 Å². The second kappa shape index (κ2) is 6.41. The molecule has 3 rings (SSSR count). The zero-order valence-electron chi connectivity index (χ0n) is 14.0. The molecule has 1 aliphatic carbocycles. The fraction of sp³-hybridized carbons (Fsp3) is 0.765. The summed E-state index contributed by atoms with van der Waals surface area (Å²) in [7, 11) is 0. The molecule has 3 atom stereocenters. The van der Waals surface area contributed by atoms with E-state index in [0.717, 1.165) is 36.3 Å². The minimum absolute atomic E-state index is 0.132. The van der Waals surface area contributed by atoms with E-state index < -0.39 is 0 Å². The molecule has 2 N–H and O–H groups in total. The summed E-state index contributed by atoms with van der Waals surface area (Å²) in [6, 6.07) is 0. The van der Waals surface area contributed by atoms with Crippen molar-refractivity contribution in [2.45, 2.75) is 58.8 Å². The van der Waals surface area contributed by atoms with Crippen molar-refractivity contribution in [2.75, 3.05) is 13.1 Å². The number of nitrogens with zero attached hydrogens (tertiary/aromatic N) is 2. The lowest BCUT2D eigenvalue weighted by Gasteiger charge is -2.41. The van der Waals surface area contributed by atoms with Gasteiger partial charge in [-0.1, -0.05) is 13.3 Å². The maximum Gasteiger partial charge on any atom is 0.234 e. The monoisotopic (exact) mass is 304 g/mol. The molecule has 3 unspecified atom stereocenters. The molecule has 1 aromatic rings. The predicted octanol–water partition coefficient (Wildman–Crippen LogP) is 2.67. The number of H-pyrrole nitrogens is 1. The zero-order chi connectivity index (χ0) is 15.7. The van der Waals surface area contributed by atoms with Crippen LogP contribution in [0.3, 0.4) is 0 Å². The molecule has 1 amide bonds. The van der Waals surface area contributed by atoms with Crippen molar-refractivity contribution in [3.8, 4) is 0 Å². The second-order valence-corrected chi connectivity index (χ2v) is 7.29. The molecule has 1 saturated heterocycles. The van der Waals surface area contributed by atoms with Crippen molar-refractivity contribution in [3.05, 3.63) is 17.0 Å². The Morgan fingerprint density at radius 2 is 2.05 bits per heavy atom. The Bertz CT molecular complexity index is 507. The molecule has 2 aliphatic rings. The Hall–Kier alpha value is -1.36. The highest BCUT2D eigenvalue weighted by molar-refractivity contribution is 5.76. The fourth-order valence-electron chi connectivity index (χ4n) is 4.41. The summed E-state index contributed by atoms with van der Waals surface area (Å²) in [5.74, 6) is 1.89. The van der Waals surface area contributed by atoms with E-state index in [1.807, 2.05) is 13.8 Å². The first-order valence-corrected chi connectivity index (χ1v) is 8.58. The SMILES string of the molecule is Cc1n[nH]c(C)c1C(C)CC(=O)NN1CC2CCCC(C2)C1. The topological polar surface area (TPSA) is 61.0 Å². The lowest BCUT2D eigenvalue weighted by Crippen LogP contribution is -2.51. The van der Waals surface area contributed by atoms with Crippen LogP contribution in [0.15, 0.2) is 0 Å². The summed E-state index contributed by atoms with van der Waals surface area (Å²) in [6.45, 7) is 8.19. The van der Waals surface area contributed by atoms with E-state index in [2.05, 4.69) is 27.6 Å². The van der Waals surface area contributed by atoms with Crippen molar-refractivity contribution in [3.63, 3.8) is 0 Å². The first kappa shape index (κ1) is 15.5. The average molecular weight is 304 g/mol. The van der Waals surface area contributed by atoms with Crippen LogP contribution in [0.4, 0.5) is 0 Å². The molecule has 0 radical (unpaired) electrons. The van der Waals surface area contributed by atoms with Gasteiger partial charge in [-0.25, -0.2) is 5.01 Å². The van der Waals surface area contributed by atoms with E-state index >= 15 is 0 Å². The van der Waals surface area contributed by atoms with Crippen LogP contribution in [-0.4, -0.2) is 34.2 Å². The van der Waals surface area contributed by atoms with Crippen LogP contribution >= 0.6 is 0 Å². The van der Waals surface area contributed by atoms with Gasteiger partial charge in [0.2, 0.25) is 5.91 Å². The van der Waals surface area contributed by atoms with Gasteiger partial charge in [0.15, 0.2) is 0 Å². The number of fused-ring (bicyclic) bond motifs is 2. The summed E-state index contributed by atoms with van der Waals surface area (Å²) < 4.78 is 0. The van der Waals surface area contributed by atoms with Gasteiger partial charge < -0.3 is 0 Å². The quantitative estimate of drug-likeness (QED) is 0.899. The molecule has 2 fully saturated rings. The van der Waals surface area contributed by atoms with Gasteiger partial charge in [-0.05, 0) is 56.4 Å². The lowest BCUT2D eigenvalue weighted by molar-refractivity contribution is -0.128. The summed E-state index contributed by atoms with van der Waals surface area (Å²) in [5, 5.41) is 9.41. The van der Waals surface area contributed by atoms with Gasteiger partial charge in [0.05, 0.1) is 5.69 Å². The Kier molecular flexibility index (Phi) is 4.52. The van der Waals surface area contributed by atoms with Gasteiger partial charge in [0.1, 0.15) is 0 Å². The fourth-order valence-corrected chi connectivity index (χ4v) is 4.41. The smallest absolute Gasteiger partial charge is 0.234 e. The van der Waals surface area contributed by atoms with Crippen LogP contribution in [0.2, 0.25) is 0 Å². The van der Waals surface area contributed by atoms with E-state index in [-0.39, 0.29) is 11.8 Å². The highest BCUT2D eigenvalue weighted by Gasteiger charge is 2.31. The molecule has 2 heterocycles. The normalized spacial score (nSPS) is 26.7. The summed E-state index contributed by atoms with van der Waals surface area (Å²) in [4.78, 5) is 12.4. The highest BCUT2D eigenvalue weighted by Crippen LogP contribution is 2.33. The zero-order valence-corrected chi connectivity index (χ0v) is 14.0. The van der Waals surface area contributed by atoms with Gasteiger partial charge in [-0.3, -0.25) is 15.3 Å². The number of aromatic amines is 1. The summed E-state index contributed by atoms with van der Waals surface area (Å²) in [5.41, 5.74) is 6.41. The molecule has 5 heteroatoms. The maximum atomic E-state index is 12.4. The Morgan fingerprint density at radius 3 is 2.64 bits per heavy atom. The van der Waals surface area contributed by atoms with Crippen LogP contribution < -0.4 is 5.43 Å². The van der Waals surface area contributed by atoms with Crippen LogP contribution in [0.5, 0.6) is 0 Å². The average Bonchev–Trinajstić information content (AvgIpc) is 2.77. The van der Waals surface area contributed by atoms with Crippen molar-refractivity contribution in [1.82, 2.24) is 20.6 Å². The van der Waals surface area contributed by atoms with E-state index in [9.17, 15) is 4.79 Å². The van der Waals surface area contributed by atoms with Gasteiger partial charge in [-0.2, -0.15) is 5.10 Å². The van der Waals surface area contributed by atoms with Crippen LogP contribution in [-0.2, 0) is 4.79 Å². The molecule has 0 spiro atoms. The molecule has 2 bridgehead atoms. The van der Waals surface area contributed by atoms with E-state index in [0.29, 0.717) is 6.42 Å². The number of hydrogen-bond donors (Lipinski definition) is 2. The number of hydrazine groups is 1. The molecular weight excluding hydrogens is 276 g/mol. The third-order valence-electron chi connectivity index (χ3n) is 5.30. The Balaban J connectivity index is 1.54. The number of aryl methyl sites for hydroxylation is 2. The number of nitrogens with one attached hydrogen (secondary N) is 2. The molecule has 22 heavy (non-hydrogen) atoms. The third kappa shape index (κ3) is 3.35. The minimum atomic E-state index is 0.132. The second-order valence-electron chi connectivity index (χ2n) is 7.29. The van der Waals surface area contributed by atoms with Crippen molar-refractivity contribution >= 4 is 5.91 Å². The first-order chi connectivity index (χ1) is 10.5. The molecule has 1 saturated carbocycles. The number of rotatable bonds is 4. The first-order valence-electron chi connectivity index (χ1n) is 8.58. The molecule has 5 nitrogen and oxygen atoms in total. The van der Waals surface area contributed by atoms with Gasteiger partial charge >= 0.3 is 0 Å². The van der Waals surface area contributed by atoms with Crippen molar-refractivity contribution < 1.29 is 4.79 Å². The third-order valence-corrected chi connectivity index (χ3v) is 5.30. The number of piperidine rings is 1. The van der Waals surface area contributed by atoms with E-state index in [4.69, 9.17) is 0 Å². The summed E-state index contributed by atoms with van der Waals surface area (Å²) >= 11 is 0. The number of carbonyl (C=O) groups is 1. The largest absolute Gasteiger partial charge is 0.289 e. The molecule has 1 aromatic heterocycles. The molecule has 122 valence electrons. The van der Waals surface area contributed by atoms with Crippen LogP contribution in [0, 0.1) is 25.7 Å². The van der Waals surface area contributed by atoms with Crippen LogP contribution in [0.1, 0.15) is 61.9 Å². The van der Waals surface area contributed by atoms with E-state index in [1.165, 1.54) is 31.2 Å². The molecule has 0 aromatic carbocycles. The minimum Gasteiger partial charge on any atom is -0.289 e. The Labute approximate surface area is 132 Å². The molecule has 1 aliphatic heterocycles. The summed E-state index contributed by atoms with van der Waals surface area (Å²) in [6.07, 6.45) is 5.90. The highest BCUT2D eigenvalue weighted by atomic mass is 16.2. The maximum absolute atomic E-state index is 12.4. The van der Waals surface area contributed by atoms with Crippen molar-refractivity contribution in [2.24, 2.45) is 11.8 Å². The Morgan fingerprint density at radius 1 is 1.36 bits per heavy atom. The number of aromatic nitrogens is 2. The predicted molar refractivity (Wildman–Crippen MR) is 86.3 cm³/mol. The number of hydrogen-bond acceptors (Lipinski definition) is 3. The van der Waals surface area contributed by atoms with E-state index in [1.54, 1.807) is 0 Å². The van der Waals surface area contributed by atoms with Gasteiger partial charge in [0, 0.05) is 25.2 Å². The lowest BCUT2D eigenvalue weighted by atomic mass is 9.78. The van der Waals surface area contributed by atoms with Crippen LogP contribution in [0.25, 0.3) is 0 Å². The molecular formula is C17H28N4O. The standard InChI is InChI=1S/C17H28N4O/c1-11(17-12(2)18-19-13(17)3)7-16(22)20-21-9-14-5-4-6-15(8-14)10-21/h11,14-15H,4-10H2,1-3H3,(H,18,19)(H,20,22). The number of amides is 1.